The molecule has 0 unspecified atom stereocenters. The summed E-state index contributed by atoms with van der Waals surface area (Å²) in [4.78, 5) is 38.8. The Kier molecular flexibility index (Phi) is 11.9. The zero-order valence-corrected chi connectivity index (χ0v) is 26.4. The SMILES string of the molecule is C=CC.COc1cc(NC(=O)CCN2CCC(OC(=O)Nc3sc4ccccc4c3-c3ccccc3)CC2)c(Cl)cc1C=O. The fourth-order valence-corrected chi connectivity index (χ4v) is 6.29. The number of likely N-dealkylation sites (tertiary alicyclic amines) is 1. The maximum absolute atomic E-state index is 12.9. The summed E-state index contributed by atoms with van der Waals surface area (Å²) in [5, 5.41) is 7.91. The van der Waals surface area contributed by atoms with Crippen LogP contribution in [-0.4, -0.2) is 56.0 Å². The Hall–Kier alpha value is -4.18. The molecular weight excluding hydrogens is 598 g/mol. The maximum Gasteiger partial charge on any atom is 0.412 e. The van der Waals surface area contributed by atoms with Crippen molar-refractivity contribution in [3.63, 3.8) is 0 Å². The first-order chi connectivity index (χ1) is 21.4. The number of nitrogens with one attached hydrogen (secondary N) is 2. The highest BCUT2D eigenvalue weighted by molar-refractivity contribution is 7.23. The summed E-state index contributed by atoms with van der Waals surface area (Å²) in [6, 6.07) is 21.1. The van der Waals surface area contributed by atoms with Gasteiger partial charge in [-0.1, -0.05) is 66.2 Å². The normalized spacial score (nSPS) is 13.3. The lowest BCUT2D eigenvalue weighted by Gasteiger charge is -2.31. The Morgan fingerprint density at radius 1 is 1.07 bits per heavy atom. The molecule has 0 radical (unpaired) electrons. The molecule has 10 heteroatoms. The van der Waals surface area contributed by atoms with Crippen molar-refractivity contribution in [2.75, 3.05) is 37.4 Å². The zero-order chi connectivity index (χ0) is 31.5. The highest BCUT2D eigenvalue weighted by Crippen LogP contribution is 2.42. The number of carbonyl (C=O) groups excluding carboxylic acids is 3. The zero-order valence-electron chi connectivity index (χ0n) is 24.8. The fraction of sp³-hybridized carbons (Fsp3) is 0.265. The van der Waals surface area contributed by atoms with E-state index in [0.717, 1.165) is 26.2 Å². The van der Waals surface area contributed by atoms with Crippen LogP contribution in [0.3, 0.4) is 0 Å². The van der Waals surface area contributed by atoms with Crippen molar-refractivity contribution in [1.29, 1.82) is 0 Å². The number of rotatable bonds is 9. The second-order valence-electron chi connectivity index (χ2n) is 10.1. The topological polar surface area (TPSA) is 97.0 Å². The number of nitrogens with zero attached hydrogens (tertiary/aromatic N) is 1. The molecule has 1 aliphatic rings. The Morgan fingerprint density at radius 2 is 1.75 bits per heavy atom. The van der Waals surface area contributed by atoms with Gasteiger partial charge in [-0.05, 0) is 37.5 Å². The monoisotopic (exact) mass is 633 g/mol. The number of hydrogen-bond acceptors (Lipinski definition) is 7. The van der Waals surface area contributed by atoms with Crippen molar-refractivity contribution < 1.29 is 23.9 Å². The molecule has 0 aliphatic carbocycles. The third-order valence-electron chi connectivity index (χ3n) is 7.06. The van der Waals surface area contributed by atoms with Crippen LogP contribution < -0.4 is 15.4 Å². The Balaban J connectivity index is 0.00000141. The van der Waals surface area contributed by atoms with Gasteiger partial charge >= 0.3 is 6.09 Å². The van der Waals surface area contributed by atoms with Gasteiger partial charge in [0.05, 0.1) is 23.4 Å². The van der Waals surface area contributed by atoms with E-state index in [4.69, 9.17) is 21.1 Å². The smallest absolute Gasteiger partial charge is 0.412 e. The van der Waals surface area contributed by atoms with Crippen molar-refractivity contribution in [3.05, 3.63) is 90.0 Å². The summed E-state index contributed by atoms with van der Waals surface area (Å²) in [5.74, 6) is 0.151. The van der Waals surface area contributed by atoms with Crippen LogP contribution in [0.15, 0.2) is 79.4 Å². The van der Waals surface area contributed by atoms with Crippen molar-refractivity contribution in [2.24, 2.45) is 0 Å². The molecule has 1 aliphatic heterocycles. The minimum atomic E-state index is -0.459. The van der Waals surface area contributed by atoms with Crippen LogP contribution >= 0.6 is 22.9 Å². The van der Waals surface area contributed by atoms with Crippen molar-refractivity contribution >= 4 is 62.0 Å². The lowest BCUT2D eigenvalue weighted by atomic mass is 10.0. The average molecular weight is 634 g/mol. The third-order valence-corrected chi connectivity index (χ3v) is 8.46. The predicted molar refractivity (Wildman–Crippen MR) is 179 cm³/mol. The molecule has 44 heavy (non-hydrogen) atoms. The molecule has 2 N–H and O–H groups in total. The molecule has 1 aromatic heterocycles. The van der Waals surface area contributed by atoms with E-state index < -0.39 is 6.09 Å². The van der Waals surface area contributed by atoms with Crippen LogP contribution in [0.5, 0.6) is 5.75 Å². The number of thiophene rings is 1. The number of aldehydes is 1. The van der Waals surface area contributed by atoms with Crippen molar-refractivity contribution in [2.45, 2.75) is 32.3 Å². The lowest BCUT2D eigenvalue weighted by Crippen LogP contribution is -2.39. The van der Waals surface area contributed by atoms with E-state index in [1.165, 1.54) is 24.5 Å². The Labute approximate surface area is 266 Å². The summed E-state index contributed by atoms with van der Waals surface area (Å²) in [6.45, 7) is 7.24. The summed E-state index contributed by atoms with van der Waals surface area (Å²) in [5.41, 5.74) is 2.74. The number of methoxy groups -OCH3 is 1. The first kappa shape index (κ1) is 32.7. The Bertz CT molecular complexity index is 1600. The molecular formula is C34H36ClN3O5S. The minimum absolute atomic E-state index is 0.192. The van der Waals surface area contributed by atoms with E-state index in [1.807, 2.05) is 55.5 Å². The van der Waals surface area contributed by atoms with E-state index in [-0.39, 0.29) is 23.5 Å². The molecule has 5 rings (SSSR count). The quantitative estimate of drug-likeness (QED) is 0.142. The van der Waals surface area contributed by atoms with E-state index in [0.29, 0.717) is 55.8 Å². The largest absolute Gasteiger partial charge is 0.496 e. The maximum atomic E-state index is 12.9. The number of allylic oxidation sites excluding steroid dienone is 1. The van der Waals surface area contributed by atoms with E-state index in [9.17, 15) is 14.4 Å². The first-order valence-corrected chi connectivity index (χ1v) is 15.5. The number of anilines is 2. The highest BCUT2D eigenvalue weighted by atomic mass is 35.5. The predicted octanol–water partition coefficient (Wildman–Crippen LogP) is 8.28. The molecule has 4 aromatic rings. The van der Waals surface area contributed by atoms with Crippen molar-refractivity contribution in [3.8, 4) is 16.9 Å². The number of hydrogen-bond donors (Lipinski definition) is 2. The van der Waals surface area contributed by atoms with E-state index in [1.54, 1.807) is 12.1 Å². The molecule has 2 heterocycles. The van der Waals surface area contributed by atoms with Gasteiger partial charge in [0.1, 0.15) is 16.9 Å². The van der Waals surface area contributed by atoms with Crippen molar-refractivity contribution in [1.82, 2.24) is 4.90 Å². The van der Waals surface area contributed by atoms with Crippen LogP contribution in [0.4, 0.5) is 15.5 Å². The van der Waals surface area contributed by atoms with Crippen LogP contribution in [0.25, 0.3) is 21.2 Å². The molecule has 2 amide bonds. The van der Waals surface area contributed by atoms with Crippen LogP contribution in [0, 0.1) is 0 Å². The Morgan fingerprint density at radius 3 is 2.43 bits per heavy atom. The molecule has 0 bridgehead atoms. The molecule has 230 valence electrons. The molecule has 8 nitrogen and oxygen atoms in total. The van der Waals surface area contributed by atoms with Gasteiger partial charge in [-0.25, -0.2) is 4.79 Å². The molecule has 1 saturated heterocycles. The van der Waals surface area contributed by atoms with Crippen LogP contribution in [-0.2, 0) is 9.53 Å². The second-order valence-corrected chi connectivity index (χ2v) is 11.6. The third kappa shape index (κ3) is 8.47. The van der Waals surface area contributed by atoms with Gasteiger partial charge in [0, 0.05) is 47.8 Å². The molecule has 0 saturated carbocycles. The molecule has 1 fully saturated rings. The second kappa shape index (κ2) is 16.0. The number of carbonyl (C=O) groups is 3. The average Bonchev–Trinajstić information content (AvgIpc) is 3.39. The molecule has 0 atom stereocenters. The van der Waals surface area contributed by atoms with Gasteiger partial charge < -0.3 is 19.7 Å². The standard InChI is InChI=1S/C31H30ClN3O5S.C3H6/c1-39-26-18-25(24(32)17-21(26)19-36)33-28(37)13-16-35-14-11-22(12-15-35)40-31(38)34-30-29(20-7-3-2-4-8-20)23-9-5-6-10-27(23)41-30;1-3-2/h2-10,17-19,22H,11-16H2,1H3,(H,33,37)(H,34,38);3H,1H2,2H3. The summed E-state index contributed by atoms with van der Waals surface area (Å²) < 4.78 is 12.1. The van der Waals surface area contributed by atoms with Gasteiger partial charge in [0.15, 0.2) is 6.29 Å². The molecule has 3 aromatic carbocycles. The number of amides is 2. The van der Waals surface area contributed by atoms with Gasteiger partial charge in [0.2, 0.25) is 5.91 Å². The van der Waals surface area contributed by atoms with Gasteiger partial charge in [-0.2, -0.15) is 0 Å². The molecule has 0 spiro atoms. The fourth-order valence-electron chi connectivity index (χ4n) is 4.95. The lowest BCUT2D eigenvalue weighted by molar-refractivity contribution is -0.116. The van der Waals surface area contributed by atoms with Gasteiger partial charge in [0.25, 0.3) is 0 Å². The highest BCUT2D eigenvalue weighted by Gasteiger charge is 2.24. The van der Waals surface area contributed by atoms with E-state index >= 15 is 0 Å². The number of piperidine rings is 1. The number of ether oxygens (including phenoxy) is 2. The van der Waals surface area contributed by atoms with Crippen LogP contribution in [0.2, 0.25) is 5.02 Å². The summed E-state index contributed by atoms with van der Waals surface area (Å²) in [6.07, 6.45) is 3.39. The van der Waals surface area contributed by atoms with Crippen LogP contribution in [0.1, 0.15) is 36.5 Å². The number of benzene rings is 3. The van der Waals surface area contributed by atoms with Gasteiger partial charge in [-0.3, -0.25) is 14.9 Å². The van der Waals surface area contributed by atoms with Gasteiger partial charge in [-0.15, -0.1) is 17.9 Å². The minimum Gasteiger partial charge on any atom is -0.496 e. The number of halogens is 1. The summed E-state index contributed by atoms with van der Waals surface area (Å²) >= 11 is 7.75. The first-order valence-electron chi connectivity index (χ1n) is 14.3. The summed E-state index contributed by atoms with van der Waals surface area (Å²) in [7, 11) is 1.45. The van der Waals surface area contributed by atoms with E-state index in [2.05, 4.69) is 28.2 Å². The number of fused-ring (bicyclic) bond motifs is 1.